The minimum Gasteiger partial charge on any atom is -0.495 e. The molecule has 20 heavy (non-hydrogen) atoms. The highest BCUT2D eigenvalue weighted by molar-refractivity contribution is 5.82. The van der Waals surface area contributed by atoms with Crippen LogP contribution < -0.4 is 10.5 Å². The molecule has 0 aliphatic rings. The van der Waals surface area contributed by atoms with Crippen molar-refractivity contribution in [1.82, 2.24) is 9.97 Å². The van der Waals surface area contributed by atoms with E-state index >= 15 is 0 Å². The lowest BCUT2D eigenvalue weighted by atomic mass is 9.97. The molecule has 0 fully saturated rings. The van der Waals surface area contributed by atoms with Crippen molar-refractivity contribution in [3.8, 4) is 5.75 Å². The molecule has 0 saturated carbocycles. The Balaban J connectivity index is 2.10. The summed E-state index contributed by atoms with van der Waals surface area (Å²) >= 11 is 0. The maximum absolute atomic E-state index is 6.38. The van der Waals surface area contributed by atoms with E-state index in [9.17, 15) is 0 Å². The fraction of sp³-hybridized carbons (Fsp3) is 0.125. The molecule has 0 amide bonds. The third-order valence-corrected chi connectivity index (χ3v) is 3.34. The largest absolute Gasteiger partial charge is 0.495 e. The van der Waals surface area contributed by atoms with Gasteiger partial charge in [-0.15, -0.1) is 0 Å². The molecule has 100 valence electrons. The Kier molecular flexibility index (Phi) is 3.31. The number of pyridine rings is 2. The van der Waals surface area contributed by atoms with Crippen LogP contribution in [0.1, 0.15) is 17.2 Å². The first-order valence-electron chi connectivity index (χ1n) is 6.38. The maximum atomic E-state index is 6.38. The van der Waals surface area contributed by atoms with E-state index in [-0.39, 0.29) is 6.04 Å². The molecular formula is C16H15N3O. The first-order valence-corrected chi connectivity index (χ1v) is 6.38. The zero-order chi connectivity index (χ0) is 13.9. The van der Waals surface area contributed by atoms with E-state index in [2.05, 4.69) is 9.97 Å². The van der Waals surface area contributed by atoms with Crippen molar-refractivity contribution >= 4 is 10.9 Å². The quantitative estimate of drug-likeness (QED) is 0.791. The Morgan fingerprint density at radius 3 is 2.90 bits per heavy atom. The van der Waals surface area contributed by atoms with E-state index in [0.29, 0.717) is 5.75 Å². The predicted octanol–water partition coefficient (Wildman–Crippen LogP) is 2.69. The number of benzene rings is 1. The Morgan fingerprint density at radius 1 is 1.15 bits per heavy atom. The van der Waals surface area contributed by atoms with Gasteiger partial charge in [-0.2, -0.15) is 0 Å². The SMILES string of the molecule is COc1cncc(C(N)c2cccc3ncccc23)c1. The van der Waals surface area contributed by atoms with Gasteiger partial charge in [0.25, 0.3) is 0 Å². The topological polar surface area (TPSA) is 61.0 Å². The second-order valence-electron chi connectivity index (χ2n) is 4.55. The smallest absolute Gasteiger partial charge is 0.137 e. The number of fused-ring (bicyclic) bond motifs is 1. The van der Waals surface area contributed by atoms with Gasteiger partial charge < -0.3 is 10.5 Å². The highest BCUT2D eigenvalue weighted by Crippen LogP contribution is 2.27. The highest BCUT2D eigenvalue weighted by atomic mass is 16.5. The molecule has 1 unspecified atom stereocenters. The fourth-order valence-corrected chi connectivity index (χ4v) is 2.30. The molecule has 2 N–H and O–H groups in total. The number of aromatic nitrogens is 2. The normalized spacial score (nSPS) is 12.3. The van der Waals surface area contributed by atoms with Gasteiger partial charge in [0.2, 0.25) is 0 Å². The number of rotatable bonds is 3. The van der Waals surface area contributed by atoms with E-state index in [4.69, 9.17) is 10.5 Å². The van der Waals surface area contributed by atoms with Crippen molar-refractivity contribution in [3.05, 3.63) is 66.1 Å². The number of nitrogens with two attached hydrogens (primary N) is 1. The van der Waals surface area contributed by atoms with Crippen LogP contribution >= 0.6 is 0 Å². The number of hydrogen-bond acceptors (Lipinski definition) is 4. The van der Waals surface area contributed by atoms with Crippen molar-refractivity contribution < 1.29 is 4.74 Å². The fourth-order valence-electron chi connectivity index (χ4n) is 2.30. The number of hydrogen-bond donors (Lipinski definition) is 1. The number of methoxy groups -OCH3 is 1. The summed E-state index contributed by atoms with van der Waals surface area (Å²) < 4.78 is 5.20. The Labute approximate surface area is 117 Å². The van der Waals surface area contributed by atoms with Crippen LogP contribution in [0.25, 0.3) is 10.9 Å². The molecule has 0 aliphatic carbocycles. The average Bonchev–Trinajstić information content (AvgIpc) is 2.53. The predicted molar refractivity (Wildman–Crippen MR) is 78.6 cm³/mol. The van der Waals surface area contributed by atoms with E-state index in [1.54, 1.807) is 25.7 Å². The minimum atomic E-state index is -0.259. The molecule has 0 radical (unpaired) electrons. The molecule has 1 atom stereocenters. The van der Waals surface area contributed by atoms with Gasteiger partial charge in [0.1, 0.15) is 5.75 Å². The van der Waals surface area contributed by atoms with E-state index < -0.39 is 0 Å². The Bertz CT molecular complexity index is 737. The lowest BCUT2D eigenvalue weighted by Gasteiger charge is -2.15. The third-order valence-electron chi connectivity index (χ3n) is 3.34. The Hall–Kier alpha value is -2.46. The van der Waals surface area contributed by atoms with Crippen molar-refractivity contribution in [3.63, 3.8) is 0 Å². The molecule has 0 spiro atoms. The molecule has 2 heterocycles. The van der Waals surface area contributed by atoms with Gasteiger partial charge in [-0.25, -0.2) is 0 Å². The molecule has 3 rings (SSSR count). The van der Waals surface area contributed by atoms with Gasteiger partial charge in [-0.05, 0) is 29.3 Å². The second kappa shape index (κ2) is 5.27. The van der Waals surface area contributed by atoms with Gasteiger partial charge in [-0.1, -0.05) is 18.2 Å². The monoisotopic (exact) mass is 265 g/mol. The van der Waals surface area contributed by atoms with Crippen molar-refractivity contribution in [2.24, 2.45) is 5.73 Å². The summed E-state index contributed by atoms with van der Waals surface area (Å²) in [5.41, 5.74) is 9.27. The molecule has 0 saturated heterocycles. The van der Waals surface area contributed by atoms with Crippen LogP contribution in [-0.4, -0.2) is 17.1 Å². The van der Waals surface area contributed by atoms with Crippen molar-refractivity contribution in [1.29, 1.82) is 0 Å². The summed E-state index contributed by atoms with van der Waals surface area (Å²) in [4.78, 5) is 8.52. The van der Waals surface area contributed by atoms with Crippen LogP contribution in [0.4, 0.5) is 0 Å². The molecular weight excluding hydrogens is 250 g/mol. The van der Waals surface area contributed by atoms with Gasteiger partial charge in [0, 0.05) is 17.8 Å². The van der Waals surface area contributed by atoms with Crippen LogP contribution in [0.15, 0.2) is 55.0 Å². The van der Waals surface area contributed by atoms with Crippen LogP contribution in [-0.2, 0) is 0 Å². The zero-order valence-electron chi connectivity index (χ0n) is 11.2. The molecule has 3 aromatic rings. The third kappa shape index (κ3) is 2.21. The second-order valence-corrected chi connectivity index (χ2v) is 4.55. The lowest BCUT2D eigenvalue weighted by Crippen LogP contribution is -2.12. The van der Waals surface area contributed by atoms with Crippen LogP contribution in [0.2, 0.25) is 0 Å². The summed E-state index contributed by atoms with van der Waals surface area (Å²) in [6.45, 7) is 0. The first kappa shape index (κ1) is 12.6. The van der Waals surface area contributed by atoms with E-state index in [1.165, 1.54) is 0 Å². The standard InChI is InChI=1S/C16H15N3O/c1-20-12-8-11(9-18-10-12)16(17)14-4-2-6-15-13(14)5-3-7-19-15/h2-10,16H,17H2,1H3. The molecule has 0 bridgehead atoms. The number of nitrogens with zero attached hydrogens (tertiary/aromatic N) is 2. The maximum Gasteiger partial charge on any atom is 0.137 e. The zero-order valence-corrected chi connectivity index (χ0v) is 11.2. The number of ether oxygens (including phenoxy) is 1. The van der Waals surface area contributed by atoms with Gasteiger partial charge in [0.05, 0.1) is 24.9 Å². The molecule has 0 aliphatic heterocycles. The molecule has 2 aromatic heterocycles. The van der Waals surface area contributed by atoms with E-state index in [1.807, 2.05) is 36.4 Å². The molecule has 4 heteroatoms. The summed E-state index contributed by atoms with van der Waals surface area (Å²) in [5.74, 6) is 0.705. The summed E-state index contributed by atoms with van der Waals surface area (Å²) in [6, 6.07) is 11.6. The lowest BCUT2D eigenvalue weighted by molar-refractivity contribution is 0.412. The van der Waals surface area contributed by atoms with Crippen LogP contribution in [0.3, 0.4) is 0 Å². The van der Waals surface area contributed by atoms with Crippen LogP contribution in [0.5, 0.6) is 5.75 Å². The molecule has 1 aromatic carbocycles. The summed E-state index contributed by atoms with van der Waals surface area (Å²) in [6.07, 6.45) is 5.22. The highest BCUT2D eigenvalue weighted by Gasteiger charge is 2.13. The van der Waals surface area contributed by atoms with Gasteiger partial charge >= 0.3 is 0 Å². The molecule has 4 nitrogen and oxygen atoms in total. The van der Waals surface area contributed by atoms with Gasteiger partial charge in [0.15, 0.2) is 0 Å². The van der Waals surface area contributed by atoms with Crippen molar-refractivity contribution in [2.45, 2.75) is 6.04 Å². The minimum absolute atomic E-state index is 0.259. The van der Waals surface area contributed by atoms with Crippen molar-refractivity contribution in [2.75, 3.05) is 7.11 Å². The Morgan fingerprint density at radius 2 is 2.05 bits per heavy atom. The first-order chi connectivity index (χ1) is 9.79. The van der Waals surface area contributed by atoms with E-state index in [0.717, 1.165) is 22.0 Å². The average molecular weight is 265 g/mol. The van der Waals surface area contributed by atoms with Gasteiger partial charge in [-0.3, -0.25) is 9.97 Å². The van der Waals surface area contributed by atoms with Crippen LogP contribution in [0, 0.1) is 0 Å². The summed E-state index contributed by atoms with van der Waals surface area (Å²) in [5, 5.41) is 1.06. The summed E-state index contributed by atoms with van der Waals surface area (Å²) in [7, 11) is 1.62.